The van der Waals surface area contributed by atoms with Crippen molar-refractivity contribution in [2.45, 2.75) is 26.8 Å². The summed E-state index contributed by atoms with van der Waals surface area (Å²) < 4.78 is 12.8. The zero-order valence-corrected chi connectivity index (χ0v) is 18.3. The van der Waals surface area contributed by atoms with Crippen LogP contribution in [0.15, 0.2) is 48.7 Å². The van der Waals surface area contributed by atoms with E-state index >= 15 is 0 Å². The van der Waals surface area contributed by atoms with Gasteiger partial charge < -0.3 is 14.8 Å². The third-order valence-corrected chi connectivity index (χ3v) is 4.97. The van der Waals surface area contributed by atoms with Gasteiger partial charge in [0.05, 0.1) is 26.2 Å². The molecule has 0 atom stereocenters. The van der Waals surface area contributed by atoms with Gasteiger partial charge in [-0.15, -0.1) is 0 Å². The van der Waals surface area contributed by atoms with Gasteiger partial charge in [0.15, 0.2) is 17.3 Å². The lowest BCUT2D eigenvalue weighted by Crippen LogP contribution is -2.15. The Labute approximate surface area is 185 Å². The van der Waals surface area contributed by atoms with E-state index in [4.69, 9.17) is 32.7 Å². The summed E-state index contributed by atoms with van der Waals surface area (Å²) in [6, 6.07) is 12.6. The molecule has 6 nitrogen and oxygen atoms in total. The largest absolute Gasteiger partial charge is 0.490 e. The molecular weight excluding hydrogens is 425 g/mol. The van der Waals surface area contributed by atoms with Crippen LogP contribution in [-0.4, -0.2) is 28.9 Å². The number of anilines is 1. The van der Waals surface area contributed by atoms with Gasteiger partial charge in [-0.1, -0.05) is 35.3 Å². The normalized spacial score (nSPS) is 10.7. The maximum Gasteiger partial charge on any atom is 0.229 e. The van der Waals surface area contributed by atoms with E-state index in [1.165, 1.54) is 0 Å². The molecule has 3 aromatic rings. The van der Waals surface area contributed by atoms with Gasteiger partial charge in [0.2, 0.25) is 5.91 Å². The minimum Gasteiger partial charge on any atom is -0.490 e. The van der Waals surface area contributed by atoms with Crippen molar-refractivity contribution >= 4 is 34.9 Å². The van der Waals surface area contributed by atoms with E-state index in [0.717, 1.165) is 11.1 Å². The molecule has 3 rings (SSSR count). The van der Waals surface area contributed by atoms with Crippen molar-refractivity contribution < 1.29 is 14.3 Å². The predicted octanol–water partition coefficient (Wildman–Crippen LogP) is 5.22. The van der Waals surface area contributed by atoms with Crippen LogP contribution in [-0.2, 0) is 17.8 Å². The fourth-order valence-corrected chi connectivity index (χ4v) is 3.46. The molecule has 30 heavy (non-hydrogen) atoms. The van der Waals surface area contributed by atoms with Gasteiger partial charge in [-0.2, -0.15) is 5.10 Å². The average Bonchev–Trinajstić information content (AvgIpc) is 3.14. The predicted molar refractivity (Wildman–Crippen MR) is 119 cm³/mol. The first-order valence-corrected chi connectivity index (χ1v) is 10.4. The lowest BCUT2D eigenvalue weighted by atomic mass is 10.1. The van der Waals surface area contributed by atoms with Crippen molar-refractivity contribution in [3.05, 3.63) is 69.8 Å². The smallest absolute Gasteiger partial charge is 0.229 e. The molecule has 1 aromatic heterocycles. The summed E-state index contributed by atoms with van der Waals surface area (Å²) in [4.78, 5) is 12.5. The molecule has 0 saturated carbocycles. The molecule has 0 aliphatic carbocycles. The summed E-state index contributed by atoms with van der Waals surface area (Å²) in [6.45, 7) is 5.28. The minimum absolute atomic E-state index is 0.178. The lowest BCUT2D eigenvalue weighted by Gasteiger charge is -2.12. The first-order chi connectivity index (χ1) is 14.5. The van der Waals surface area contributed by atoms with Crippen molar-refractivity contribution in [3.63, 3.8) is 0 Å². The second-order valence-corrected chi connectivity index (χ2v) is 7.29. The van der Waals surface area contributed by atoms with E-state index in [1.54, 1.807) is 35.1 Å². The Morgan fingerprint density at radius 3 is 2.43 bits per heavy atom. The molecule has 0 aliphatic heterocycles. The summed E-state index contributed by atoms with van der Waals surface area (Å²) in [7, 11) is 0. The van der Waals surface area contributed by atoms with Crippen LogP contribution in [0.3, 0.4) is 0 Å². The molecule has 8 heteroatoms. The topological polar surface area (TPSA) is 65.4 Å². The van der Waals surface area contributed by atoms with Crippen molar-refractivity contribution in [1.29, 1.82) is 0 Å². The number of ether oxygens (including phenoxy) is 2. The minimum atomic E-state index is -0.178. The summed E-state index contributed by atoms with van der Waals surface area (Å²) in [5.74, 6) is 1.58. The van der Waals surface area contributed by atoms with Crippen LogP contribution in [0, 0.1) is 0 Å². The number of nitrogens with one attached hydrogen (secondary N) is 1. The quantitative estimate of drug-likeness (QED) is 0.488. The summed E-state index contributed by atoms with van der Waals surface area (Å²) in [5, 5.41) is 8.33. The number of amides is 1. The Balaban J connectivity index is 1.64. The molecule has 1 N–H and O–H groups in total. The number of aromatic nitrogens is 2. The Morgan fingerprint density at radius 2 is 1.73 bits per heavy atom. The summed E-state index contributed by atoms with van der Waals surface area (Å²) >= 11 is 12.4. The first-order valence-electron chi connectivity index (χ1n) is 9.64. The van der Waals surface area contributed by atoms with E-state index in [2.05, 4.69) is 10.4 Å². The van der Waals surface area contributed by atoms with E-state index in [-0.39, 0.29) is 12.3 Å². The molecule has 158 valence electrons. The van der Waals surface area contributed by atoms with Crippen LogP contribution < -0.4 is 14.8 Å². The Kier molecular flexibility index (Phi) is 7.60. The zero-order chi connectivity index (χ0) is 21.5. The van der Waals surface area contributed by atoms with Crippen molar-refractivity contribution in [2.24, 2.45) is 0 Å². The fraction of sp³-hybridized carbons (Fsp3) is 0.273. The van der Waals surface area contributed by atoms with Gasteiger partial charge in [-0.3, -0.25) is 9.48 Å². The maximum absolute atomic E-state index is 12.5. The van der Waals surface area contributed by atoms with E-state index in [9.17, 15) is 4.79 Å². The molecule has 1 amide bonds. The third kappa shape index (κ3) is 5.68. The maximum atomic E-state index is 12.5. The molecule has 0 radical (unpaired) electrons. The molecule has 1 heterocycles. The molecule has 0 unspecified atom stereocenters. The molecular formula is C22H23Cl2N3O3. The van der Waals surface area contributed by atoms with E-state index in [0.29, 0.717) is 47.1 Å². The number of hydrogen-bond acceptors (Lipinski definition) is 4. The average molecular weight is 448 g/mol. The van der Waals surface area contributed by atoms with Crippen LogP contribution in [0.1, 0.15) is 25.0 Å². The molecule has 0 bridgehead atoms. The summed E-state index contributed by atoms with van der Waals surface area (Å²) in [5.41, 5.74) is 1.60. The number of rotatable bonds is 9. The number of benzene rings is 2. The monoisotopic (exact) mass is 447 g/mol. The molecule has 0 aliphatic rings. The van der Waals surface area contributed by atoms with Crippen molar-refractivity contribution in [2.75, 3.05) is 18.5 Å². The number of carbonyl (C=O) groups excluding carboxylic acids is 1. The number of hydrogen-bond donors (Lipinski definition) is 1. The number of carbonyl (C=O) groups is 1. The molecule has 0 spiro atoms. The van der Waals surface area contributed by atoms with Crippen molar-refractivity contribution in [3.8, 4) is 11.5 Å². The third-order valence-electron chi connectivity index (χ3n) is 4.26. The van der Waals surface area contributed by atoms with Crippen LogP contribution in [0.5, 0.6) is 11.5 Å². The number of halogens is 2. The Bertz CT molecular complexity index is 1000. The molecule has 0 fully saturated rings. The zero-order valence-electron chi connectivity index (χ0n) is 16.8. The number of nitrogens with zero attached hydrogens (tertiary/aromatic N) is 2. The highest BCUT2D eigenvalue weighted by Gasteiger charge is 2.12. The van der Waals surface area contributed by atoms with Crippen LogP contribution in [0.25, 0.3) is 0 Å². The Hall–Kier alpha value is -2.70. The van der Waals surface area contributed by atoms with Gasteiger partial charge >= 0.3 is 0 Å². The van der Waals surface area contributed by atoms with E-state index in [1.807, 2.05) is 32.0 Å². The molecule has 0 saturated heterocycles. The standard InChI is InChI=1S/C22H23Cl2N3O3/c1-3-29-19-9-8-15(12-20(19)30-4-2)13-22(28)25-21-10-11-27(26-21)14-16-17(23)6-5-7-18(16)24/h5-12H,3-4,13-14H2,1-2H3,(H,25,26,28). The van der Waals surface area contributed by atoms with Crippen LogP contribution >= 0.6 is 23.2 Å². The highest BCUT2D eigenvalue weighted by atomic mass is 35.5. The van der Waals surface area contributed by atoms with Crippen LogP contribution in [0.4, 0.5) is 5.82 Å². The SMILES string of the molecule is CCOc1ccc(CC(=O)Nc2ccn(Cc3c(Cl)cccc3Cl)n2)cc1OCC. The van der Waals surface area contributed by atoms with Gasteiger partial charge in [-0.25, -0.2) is 0 Å². The first kappa shape index (κ1) is 22.0. The van der Waals surface area contributed by atoms with E-state index < -0.39 is 0 Å². The second kappa shape index (κ2) is 10.4. The fourth-order valence-electron chi connectivity index (χ4n) is 2.94. The van der Waals surface area contributed by atoms with Crippen molar-refractivity contribution in [1.82, 2.24) is 9.78 Å². The highest BCUT2D eigenvalue weighted by molar-refractivity contribution is 6.35. The van der Waals surface area contributed by atoms with Gasteiger partial charge in [0.25, 0.3) is 0 Å². The van der Waals surface area contributed by atoms with Gasteiger partial charge in [-0.05, 0) is 43.7 Å². The van der Waals surface area contributed by atoms with Gasteiger partial charge in [0, 0.05) is 27.9 Å². The second-order valence-electron chi connectivity index (χ2n) is 6.47. The van der Waals surface area contributed by atoms with Gasteiger partial charge in [0.1, 0.15) is 0 Å². The Morgan fingerprint density at radius 1 is 1.03 bits per heavy atom. The van der Waals surface area contributed by atoms with Crippen LogP contribution in [0.2, 0.25) is 10.0 Å². The summed E-state index contributed by atoms with van der Waals surface area (Å²) in [6.07, 6.45) is 1.95. The lowest BCUT2D eigenvalue weighted by molar-refractivity contribution is -0.115. The highest BCUT2D eigenvalue weighted by Crippen LogP contribution is 2.29. The molecule has 2 aromatic carbocycles.